The van der Waals surface area contributed by atoms with Gasteiger partial charge in [-0.25, -0.2) is 8.42 Å². The van der Waals surface area contributed by atoms with Crippen LogP contribution in [0.3, 0.4) is 0 Å². The predicted octanol–water partition coefficient (Wildman–Crippen LogP) is 1.54. The Kier molecular flexibility index (Phi) is 9.73. The Hall–Kier alpha value is -1.72. The molecule has 2 aliphatic heterocycles. The van der Waals surface area contributed by atoms with E-state index in [1.54, 1.807) is 33.1 Å². The summed E-state index contributed by atoms with van der Waals surface area (Å²) in [5.41, 5.74) is 1.22. The smallest absolute Gasteiger partial charge is 0.248 e. The number of benzene rings is 1. The van der Waals surface area contributed by atoms with E-state index in [1.807, 2.05) is 4.90 Å². The minimum absolute atomic E-state index is 0.0978. The van der Waals surface area contributed by atoms with Crippen LogP contribution in [0.5, 0.6) is 5.75 Å². The summed E-state index contributed by atoms with van der Waals surface area (Å²) in [6.45, 7) is 11.0. The van der Waals surface area contributed by atoms with Crippen molar-refractivity contribution in [3.05, 3.63) is 23.3 Å². The number of hydrogen-bond acceptors (Lipinski definition) is 7. The third-order valence-corrected chi connectivity index (χ3v) is 8.79. The van der Waals surface area contributed by atoms with Gasteiger partial charge in [0.1, 0.15) is 19.1 Å². The average molecular weight is 497 g/mol. The number of ether oxygens (including phenoxy) is 2. The van der Waals surface area contributed by atoms with Gasteiger partial charge in [-0.3, -0.25) is 9.69 Å². The highest BCUT2D eigenvalue weighted by Gasteiger charge is 2.26. The van der Waals surface area contributed by atoms with Crippen molar-refractivity contribution in [2.24, 2.45) is 0 Å². The Bertz CT molecular complexity index is 902. The first-order valence-corrected chi connectivity index (χ1v) is 13.6. The summed E-state index contributed by atoms with van der Waals surface area (Å²) in [5.74, 6) is 0.518. The van der Waals surface area contributed by atoms with E-state index in [0.717, 1.165) is 23.9 Å². The Balaban J connectivity index is 1.40. The molecule has 192 valence electrons. The van der Waals surface area contributed by atoms with Crippen LogP contribution < -0.4 is 4.74 Å². The monoisotopic (exact) mass is 496 g/mol. The molecule has 1 aromatic carbocycles. The molecule has 1 amide bonds. The second kappa shape index (κ2) is 12.3. The number of nitrogens with zero attached hydrogens (tertiary/aromatic N) is 4. The third-order valence-electron chi connectivity index (χ3n) is 6.71. The molecule has 2 aliphatic rings. The zero-order valence-electron chi connectivity index (χ0n) is 21.1. The largest absolute Gasteiger partial charge is 0.497 e. The molecule has 2 heterocycles. The Morgan fingerprint density at radius 2 is 1.53 bits per heavy atom. The molecule has 34 heavy (non-hydrogen) atoms. The number of sulfonamides is 1. The maximum atomic E-state index is 13.1. The maximum absolute atomic E-state index is 13.1. The van der Waals surface area contributed by atoms with Crippen LogP contribution in [0.25, 0.3) is 0 Å². The SMILES string of the molecule is COc1cc(C)c(S(=O)(=O)N(C)COCC(=O)N2CCN(CCCN3CCCC3)CC2)c(C)c1. The molecule has 0 unspecified atom stereocenters. The van der Waals surface area contributed by atoms with Crippen LogP contribution in [-0.2, 0) is 19.6 Å². The minimum atomic E-state index is -3.75. The molecule has 3 rings (SSSR count). The molecule has 0 spiro atoms. The van der Waals surface area contributed by atoms with Crippen molar-refractivity contribution in [2.75, 3.05) is 79.9 Å². The van der Waals surface area contributed by atoms with Crippen LogP contribution in [0.1, 0.15) is 30.4 Å². The third kappa shape index (κ3) is 6.91. The molecular weight excluding hydrogens is 456 g/mol. The van der Waals surface area contributed by atoms with Gasteiger partial charge in [0.2, 0.25) is 15.9 Å². The Morgan fingerprint density at radius 3 is 2.09 bits per heavy atom. The molecule has 0 atom stereocenters. The predicted molar refractivity (Wildman–Crippen MR) is 132 cm³/mol. The van der Waals surface area contributed by atoms with E-state index >= 15 is 0 Å². The molecule has 1 aromatic rings. The Morgan fingerprint density at radius 1 is 0.971 bits per heavy atom. The van der Waals surface area contributed by atoms with E-state index in [-0.39, 0.29) is 24.1 Å². The second-order valence-corrected chi connectivity index (χ2v) is 11.3. The Labute approximate surface area is 204 Å². The topological polar surface area (TPSA) is 82.6 Å². The van der Waals surface area contributed by atoms with Gasteiger partial charge in [0.25, 0.3) is 0 Å². The van der Waals surface area contributed by atoms with Crippen molar-refractivity contribution in [3.8, 4) is 5.75 Å². The summed E-state index contributed by atoms with van der Waals surface area (Å²) in [7, 11) is -0.740. The molecule has 0 bridgehead atoms. The van der Waals surface area contributed by atoms with Gasteiger partial charge in [-0.1, -0.05) is 0 Å². The lowest BCUT2D eigenvalue weighted by atomic mass is 10.1. The highest BCUT2D eigenvalue weighted by atomic mass is 32.2. The quantitative estimate of drug-likeness (QED) is 0.430. The molecule has 0 radical (unpaired) electrons. The molecule has 9 nitrogen and oxygen atoms in total. The van der Waals surface area contributed by atoms with Crippen LogP contribution in [0.15, 0.2) is 17.0 Å². The van der Waals surface area contributed by atoms with Gasteiger partial charge < -0.3 is 19.3 Å². The average Bonchev–Trinajstić information content (AvgIpc) is 3.32. The zero-order chi connectivity index (χ0) is 24.7. The van der Waals surface area contributed by atoms with Crippen LogP contribution in [0, 0.1) is 13.8 Å². The fourth-order valence-corrected chi connectivity index (χ4v) is 6.21. The molecule has 0 N–H and O–H groups in total. The summed E-state index contributed by atoms with van der Waals surface area (Å²) in [4.78, 5) is 19.6. The van der Waals surface area contributed by atoms with Gasteiger partial charge in [0.05, 0.1) is 12.0 Å². The summed E-state index contributed by atoms with van der Waals surface area (Å²) >= 11 is 0. The van der Waals surface area contributed by atoms with Crippen molar-refractivity contribution >= 4 is 15.9 Å². The highest BCUT2D eigenvalue weighted by Crippen LogP contribution is 2.27. The van der Waals surface area contributed by atoms with E-state index < -0.39 is 10.0 Å². The number of piperazine rings is 1. The first-order chi connectivity index (χ1) is 16.2. The number of carbonyl (C=O) groups is 1. The summed E-state index contributed by atoms with van der Waals surface area (Å²) in [5, 5.41) is 0. The minimum Gasteiger partial charge on any atom is -0.497 e. The zero-order valence-corrected chi connectivity index (χ0v) is 21.9. The number of methoxy groups -OCH3 is 1. The highest BCUT2D eigenvalue weighted by molar-refractivity contribution is 7.89. The normalized spacial score (nSPS) is 18.1. The van der Waals surface area contributed by atoms with Gasteiger partial charge in [0.15, 0.2) is 0 Å². The van der Waals surface area contributed by atoms with Crippen molar-refractivity contribution in [1.29, 1.82) is 0 Å². The van der Waals surface area contributed by atoms with E-state index in [4.69, 9.17) is 9.47 Å². The van der Waals surface area contributed by atoms with Crippen molar-refractivity contribution in [3.63, 3.8) is 0 Å². The number of likely N-dealkylation sites (tertiary alicyclic amines) is 1. The fourth-order valence-electron chi connectivity index (χ4n) is 4.76. The van der Waals surface area contributed by atoms with Crippen LogP contribution in [0.4, 0.5) is 0 Å². The first kappa shape index (κ1) is 26.9. The molecule has 0 aliphatic carbocycles. The van der Waals surface area contributed by atoms with E-state index in [1.165, 1.54) is 45.9 Å². The molecule has 0 saturated carbocycles. The van der Waals surface area contributed by atoms with E-state index in [9.17, 15) is 13.2 Å². The lowest BCUT2D eigenvalue weighted by Crippen LogP contribution is -2.50. The van der Waals surface area contributed by atoms with Gasteiger partial charge >= 0.3 is 0 Å². The summed E-state index contributed by atoms with van der Waals surface area (Å²) in [6.07, 6.45) is 3.82. The number of aryl methyl sites for hydroxylation is 2. The molecule has 2 saturated heterocycles. The summed E-state index contributed by atoms with van der Waals surface area (Å²) in [6, 6.07) is 3.40. The van der Waals surface area contributed by atoms with E-state index in [0.29, 0.717) is 30.0 Å². The second-order valence-electron chi connectivity index (χ2n) is 9.30. The number of rotatable bonds is 11. The number of amides is 1. The van der Waals surface area contributed by atoms with Gasteiger partial charge in [-0.2, -0.15) is 4.31 Å². The van der Waals surface area contributed by atoms with E-state index in [2.05, 4.69) is 9.80 Å². The molecular formula is C24H40N4O5S. The van der Waals surface area contributed by atoms with Crippen molar-refractivity contribution in [2.45, 2.75) is 38.0 Å². The molecule has 10 heteroatoms. The molecule has 0 aromatic heterocycles. The first-order valence-electron chi connectivity index (χ1n) is 12.1. The lowest BCUT2D eigenvalue weighted by molar-refractivity contribution is -0.138. The van der Waals surface area contributed by atoms with Gasteiger partial charge in [-0.05, 0) is 82.5 Å². The van der Waals surface area contributed by atoms with Gasteiger partial charge in [0, 0.05) is 33.2 Å². The maximum Gasteiger partial charge on any atom is 0.248 e. The van der Waals surface area contributed by atoms with Gasteiger partial charge in [-0.15, -0.1) is 0 Å². The summed E-state index contributed by atoms with van der Waals surface area (Å²) < 4.78 is 38.0. The fraction of sp³-hybridized carbons (Fsp3) is 0.708. The number of hydrogen-bond donors (Lipinski definition) is 0. The molecule has 2 fully saturated rings. The lowest BCUT2D eigenvalue weighted by Gasteiger charge is -2.35. The van der Waals surface area contributed by atoms with Crippen LogP contribution in [-0.4, -0.2) is 113 Å². The van der Waals surface area contributed by atoms with Crippen LogP contribution in [0.2, 0.25) is 0 Å². The number of carbonyl (C=O) groups excluding carboxylic acids is 1. The standard InChI is InChI=1S/C24H40N4O5S/c1-20-16-22(32-4)17-21(2)24(20)34(30,31)25(3)19-33-18-23(29)28-14-12-27(13-15-28)11-7-10-26-8-5-6-9-26/h16-17H,5-15,18-19H2,1-4H3. The van der Waals surface area contributed by atoms with Crippen molar-refractivity contribution in [1.82, 2.24) is 19.0 Å². The van der Waals surface area contributed by atoms with Crippen molar-refractivity contribution < 1.29 is 22.7 Å². The van der Waals surface area contributed by atoms with Crippen LogP contribution >= 0.6 is 0 Å².